The molecule has 1 saturated heterocycles. The van der Waals surface area contributed by atoms with Gasteiger partial charge >= 0.3 is 6.09 Å². The smallest absolute Gasteiger partial charge is 0.407 e. The maximum absolute atomic E-state index is 14.9. The Kier molecular flexibility index (Phi) is 10.0. The molecule has 5 rings (SSSR count). The van der Waals surface area contributed by atoms with Crippen molar-refractivity contribution in [1.82, 2.24) is 15.3 Å². The predicted octanol–water partition coefficient (Wildman–Crippen LogP) is 7.57. The number of ether oxygens (including phenoxy) is 2. The number of fused-ring (bicyclic) bond motifs is 1. The van der Waals surface area contributed by atoms with Gasteiger partial charge in [0, 0.05) is 29.6 Å². The molecule has 1 fully saturated rings. The van der Waals surface area contributed by atoms with Crippen LogP contribution in [0.4, 0.5) is 29.3 Å². The molecule has 47 heavy (non-hydrogen) atoms. The number of benzene rings is 1. The van der Waals surface area contributed by atoms with Crippen molar-refractivity contribution in [3.63, 3.8) is 0 Å². The van der Waals surface area contributed by atoms with E-state index in [9.17, 15) is 22.8 Å². The van der Waals surface area contributed by atoms with E-state index in [1.165, 1.54) is 6.20 Å². The topological polar surface area (TPSA) is 106 Å². The SMILES string of the molecule is C=C(C)OC1CCc2c1ncc(NC(=O)c1ccc(F)c(-c3c(F)cc(SC)cc3F)n1)c2N1CCCC(NC(=O)OC(C)(C)C)C1. The molecule has 2 aromatic heterocycles. The van der Waals surface area contributed by atoms with Crippen LogP contribution in [0.2, 0.25) is 0 Å². The Hall–Kier alpha value is -4.26. The molecular formula is C34H38F3N5O4S. The number of halogens is 3. The van der Waals surface area contributed by atoms with E-state index in [-0.39, 0.29) is 17.8 Å². The average Bonchev–Trinajstić information content (AvgIpc) is 3.38. The number of carbonyl (C=O) groups excluding carboxylic acids is 2. The fourth-order valence-corrected chi connectivity index (χ4v) is 6.34. The van der Waals surface area contributed by atoms with Crippen molar-refractivity contribution in [1.29, 1.82) is 0 Å². The number of thioether (sulfide) groups is 1. The van der Waals surface area contributed by atoms with Crippen molar-refractivity contribution in [3.8, 4) is 11.3 Å². The Morgan fingerprint density at radius 3 is 2.49 bits per heavy atom. The number of pyridine rings is 2. The number of carbonyl (C=O) groups is 2. The minimum atomic E-state index is -0.991. The first-order valence-corrected chi connectivity index (χ1v) is 16.6. The van der Waals surface area contributed by atoms with Crippen molar-refractivity contribution in [2.75, 3.05) is 29.6 Å². The standard InChI is InChI=1S/C34H38F3N5O4S/c1-18(2)45-27-12-9-21-29(27)38-16-26(31(21)42-13-7-8-19(17-42)39-33(44)46-34(3,4)5)41-32(43)25-11-10-22(35)30(40-25)28-23(36)14-20(47-6)15-24(28)37/h10-11,14-16,19,27H,1,7-9,12-13,17H2,2-6H3,(H,39,44)(H,41,43). The van der Waals surface area contributed by atoms with E-state index in [4.69, 9.17) is 9.47 Å². The van der Waals surface area contributed by atoms with Crippen LogP contribution in [0, 0.1) is 17.5 Å². The van der Waals surface area contributed by atoms with Crippen LogP contribution in [0.3, 0.4) is 0 Å². The molecular weight excluding hydrogens is 631 g/mol. The minimum Gasteiger partial charge on any atom is -0.489 e. The van der Waals surface area contributed by atoms with E-state index < -0.39 is 46.3 Å². The molecule has 0 bridgehead atoms. The zero-order valence-electron chi connectivity index (χ0n) is 27.0. The van der Waals surface area contributed by atoms with Crippen LogP contribution in [-0.2, 0) is 15.9 Å². The summed E-state index contributed by atoms with van der Waals surface area (Å²) in [7, 11) is 0. The van der Waals surface area contributed by atoms with Crippen molar-refractivity contribution in [3.05, 3.63) is 77.2 Å². The maximum Gasteiger partial charge on any atom is 0.407 e. The third-order valence-corrected chi connectivity index (χ3v) is 8.47. The lowest BCUT2D eigenvalue weighted by Crippen LogP contribution is -2.49. The summed E-state index contributed by atoms with van der Waals surface area (Å²) in [6, 6.07) is 4.07. The van der Waals surface area contributed by atoms with Crippen LogP contribution in [0.15, 0.2) is 47.7 Å². The number of anilines is 2. The molecule has 250 valence electrons. The van der Waals surface area contributed by atoms with Gasteiger partial charge in [0.05, 0.1) is 34.6 Å². The zero-order chi connectivity index (χ0) is 34.0. The largest absolute Gasteiger partial charge is 0.489 e. The third-order valence-electron chi connectivity index (χ3n) is 7.76. The molecule has 2 N–H and O–H groups in total. The van der Waals surface area contributed by atoms with E-state index in [1.807, 2.05) is 0 Å². The summed E-state index contributed by atoms with van der Waals surface area (Å²) in [6.45, 7) is 12.1. The Bertz CT molecular complexity index is 1690. The number of piperidine rings is 1. The molecule has 0 saturated carbocycles. The van der Waals surface area contributed by atoms with E-state index >= 15 is 0 Å². The second-order valence-corrected chi connectivity index (χ2v) is 13.5. The van der Waals surface area contributed by atoms with Crippen molar-refractivity contribution in [2.24, 2.45) is 0 Å². The van der Waals surface area contributed by atoms with Crippen LogP contribution < -0.4 is 15.5 Å². The Labute approximate surface area is 276 Å². The van der Waals surface area contributed by atoms with Crippen molar-refractivity contribution in [2.45, 2.75) is 76.0 Å². The van der Waals surface area contributed by atoms with Gasteiger partial charge in [-0.25, -0.2) is 22.9 Å². The van der Waals surface area contributed by atoms with Gasteiger partial charge in [-0.2, -0.15) is 0 Å². The fraction of sp³-hybridized carbons (Fsp3) is 0.412. The highest BCUT2D eigenvalue weighted by molar-refractivity contribution is 7.98. The van der Waals surface area contributed by atoms with E-state index in [2.05, 4.69) is 32.1 Å². The van der Waals surface area contributed by atoms with Gasteiger partial charge in [-0.15, -0.1) is 11.8 Å². The van der Waals surface area contributed by atoms with E-state index in [0.717, 1.165) is 65.8 Å². The van der Waals surface area contributed by atoms with Crippen molar-refractivity contribution >= 4 is 35.1 Å². The quantitative estimate of drug-likeness (QED) is 0.187. The van der Waals surface area contributed by atoms with Gasteiger partial charge in [0.2, 0.25) is 0 Å². The zero-order valence-corrected chi connectivity index (χ0v) is 27.8. The first kappa shape index (κ1) is 34.1. The molecule has 9 nitrogen and oxygen atoms in total. The van der Waals surface area contributed by atoms with Crippen LogP contribution in [0.1, 0.15) is 74.8 Å². The van der Waals surface area contributed by atoms with Gasteiger partial charge in [0.25, 0.3) is 5.91 Å². The molecule has 1 aliphatic carbocycles. The predicted molar refractivity (Wildman–Crippen MR) is 175 cm³/mol. The summed E-state index contributed by atoms with van der Waals surface area (Å²) >= 11 is 1.14. The number of hydrogen-bond donors (Lipinski definition) is 2. The highest BCUT2D eigenvalue weighted by Crippen LogP contribution is 2.43. The number of rotatable bonds is 8. The molecule has 13 heteroatoms. The van der Waals surface area contributed by atoms with E-state index in [1.54, 1.807) is 34.0 Å². The minimum absolute atomic E-state index is 0.224. The average molecular weight is 670 g/mol. The first-order valence-electron chi connectivity index (χ1n) is 15.3. The lowest BCUT2D eigenvalue weighted by Gasteiger charge is -2.37. The number of nitrogens with zero attached hydrogens (tertiary/aromatic N) is 3. The van der Waals surface area contributed by atoms with Gasteiger partial charge < -0.3 is 25.0 Å². The summed E-state index contributed by atoms with van der Waals surface area (Å²) in [6.07, 6.45) is 5.13. The molecule has 1 aliphatic heterocycles. The Balaban J connectivity index is 1.48. The van der Waals surface area contributed by atoms with Crippen molar-refractivity contribution < 1.29 is 32.2 Å². The summed E-state index contributed by atoms with van der Waals surface area (Å²) in [5.74, 6) is -3.12. The first-order chi connectivity index (χ1) is 22.2. The number of alkyl carbamates (subject to hydrolysis) is 1. The summed E-state index contributed by atoms with van der Waals surface area (Å²) in [5, 5.41) is 5.81. The summed E-state index contributed by atoms with van der Waals surface area (Å²) in [5.41, 5.74) is 0.546. The third kappa shape index (κ3) is 7.83. The van der Waals surface area contributed by atoms with Gasteiger partial charge in [0.15, 0.2) is 0 Å². The monoisotopic (exact) mass is 669 g/mol. The molecule has 2 amide bonds. The highest BCUT2D eigenvalue weighted by atomic mass is 32.2. The van der Waals surface area contributed by atoms with Gasteiger partial charge in [-0.1, -0.05) is 6.58 Å². The number of allylic oxidation sites excluding steroid dienone is 1. The lowest BCUT2D eigenvalue weighted by molar-refractivity contribution is 0.0499. The molecule has 0 radical (unpaired) electrons. The Morgan fingerprint density at radius 1 is 1.11 bits per heavy atom. The molecule has 1 aromatic carbocycles. The van der Waals surface area contributed by atoms with Gasteiger partial charge in [-0.3, -0.25) is 9.78 Å². The van der Waals surface area contributed by atoms with Crippen LogP contribution in [-0.4, -0.2) is 53.0 Å². The molecule has 2 unspecified atom stereocenters. The highest BCUT2D eigenvalue weighted by Gasteiger charge is 2.34. The van der Waals surface area contributed by atoms with Gasteiger partial charge in [-0.05, 0) is 83.9 Å². The fourth-order valence-electron chi connectivity index (χ4n) is 5.90. The second-order valence-electron chi connectivity index (χ2n) is 12.6. The Morgan fingerprint density at radius 2 is 1.83 bits per heavy atom. The van der Waals surface area contributed by atoms with Crippen LogP contribution in [0.5, 0.6) is 0 Å². The number of hydrogen-bond acceptors (Lipinski definition) is 8. The lowest BCUT2D eigenvalue weighted by atomic mass is 10.0. The van der Waals surface area contributed by atoms with Crippen LogP contribution >= 0.6 is 11.8 Å². The summed E-state index contributed by atoms with van der Waals surface area (Å²) < 4.78 is 56.1. The number of aromatic nitrogens is 2. The normalized spacial score (nSPS) is 17.6. The van der Waals surface area contributed by atoms with Crippen LogP contribution in [0.25, 0.3) is 11.3 Å². The van der Waals surface area contributed by atoms with Gasteiger partial charge in [0.1, 0.15) is 40.5 Å². The number of amides is 2. The summed E-state index contributed by atoms with van der Waals surface area (Å²) in [4.78, 5) is 37.3. The number of nitrogens with one attached hydrogen (secondary N) is 2. The maximum atomic E-state index is 14.9. The van der Waals surface area contributed by atoms with E-state index in [0.29, 0.717) is 42.3 Å². The molecule has 2 atom stereocenters. The molecule has 3 heterocycles. The second kappa shape index (κ2) is 13.8. The molecule has 0 spiro atoms. The molecule has 2 aliphatic rings. The molecule has 3 aromatic rings.